The first-order valence-electron chi connectivity index (χ1n) is 5.81. The van der Waals surface area contributed by atoms with E-state index in [9.17, 15) is 0 Å². The molecule has 1 heterocycles. The fourth-order valence-electron chi connectivity index (χ4n) is 1.52. The second kappa shape index (κ2) is 7.85. The molecule has 1 N–H and O–H groups in total. The molecule has 0 aromatic carbocycles. The molecular formula is C12H22O3. The highest BCUT2D eigenvalue weighted by Crippen LogP contribution is 2.15. The Bertz CT molecular complexity index is 166. The standard InChI is InChI=1S/C12H22O3/c1-2-6-11(7-4-3-5-8-13)14-9-12-10-15-12/h2,11-13H,1,3-10H2. The molecule has 0 amide bonds. The van der Waals surface area contributed by atoms with Crippen LogP contribution in [0.3, 0.4) is 0 Å². The molecule has 1 saturated heterocycles. The molecule has 2 unspecified atom stereocenters. The fraction of sp³-hybridized carbons (Fsp3) is 0.833. The maximum atomic E-state index is 8.66. The lowest BCUT2D eigenvalue weighted by atomic mass is 10.1. The molecule has 0 aromatic heterocycles. The highest BCUT2D eigenvalue weighted by atomic mass is 16.6. The average Bonchev–Trinajstić information content (AvgIpc) is 3.04. The van der Waals surface area contributed by atoms with Gasteiger partial charge in [0.05, 0.1) is 19.3 Å². The maximum absolute atomic E-state index is 8.66. The third-order valence-electron chi connectivity index (χ3n) is 2.53. The minimum atomic E-state index is 0.283. The van der Waals surface area contributed by atoms with Crippen LogP contribution < -0.4 is 0 Å². The van der Waals surface area contributed by atoms with Crippen LogP contribution in [0.2, 0.25) is 0 Å². The first kappa shape index (κ1) is 12.7. The van der Waals surface area contributed by atoms with E-state index in [2.05, 4.69) is 6.58 Å². The lowest BCUT2D eigenvalue weighted by Gasteiger charge is -2.15. The van der Waals surface area contributed by atoms with Gasteiger partial charge in [0.15, 0.2) is 0 Å². The summed E-state index contributed by atoms with van der Waals surface area (Å²) in [6, 6.07) is 0. The van der Waals surface area contributed by atoms with Crippen molar-refractivity contribution in [2.24, 2.45) is 0 Å². The molecule has 0 bridgehead atoms. The van der Waals surface area contributed by atoms with Gasteiger partial charge >= 0.3 is 0 Å². The molecule has 0 aliphatic carbocycles. The van der Waals surface area contributed by atoms with Crippen molar-refractivity contribution in [2.75, 3.05) is 19.8 Å². The Hall–Kier alpha value is -0.380. The summed E-state index contributed by atoms with van der Waals surface area (Å²) in [7, 11) is 0. The Morgan fingerprint density at radius 3 is 2.87 bits per heavy atom. The van der Waals surface area contributed by atoms with E-state index in [4.69, 9.17) is 14.6 Å². The summed E-state index contributed by atoms with van der Waals surface area (Å²) < 4.78 is 10.8. The van der Waals surface area contributed by atoms with Gasteiger partial charge < -0.3 is 14.6 Å². The van der Waals surface area contributed by atoms with Crippen LogP contribution in [0.1, 0.15) is 32.1 Å². The summed E-state index contributed by atoms with van der Waals surface area (Å²) >= 11 is 0. The molecule has 88 valence electrons. The second-order valence-corrected chi connectivity index (χ2v) is 4.01. The summed E-state index contributed by atoms with van der Waals surface area (Å²) in [5.41, 5.74) is 0. The topological polar surface area (TPSA) is 42.0 Å². The van der Waals surface area contributed by atoms with Crippen LogP contribution in [-0.4, -0.2) is 37.1 Å². The molecule has 1 rings (SSSR count). The van der Waals surface area contributed by atoms with Crippen molar-refractivity contribution in [3.8, 4) is 0 Å². The molecule has 0 aromatic rings. The first-order valence-corrected chi connectivity index (χ1v) is 5.81. The van der Waals surface area contributed by atoms with Gasteiger partial charge in [0.2, 0.25) is 0 Å². The molecule has 1 fully saturated rings. The monoisotopic (exact) mass is 214 g/mol. The number of aliphatic hydroxyl groups excluding tert-OH is 1. The number of unbranched alkanes of at least 4 members (excludes halogenated alkanes) is 2. The molecule has 3 heteroatoms. The van der Waals surface area contributed by atoms with E-state index in [0.29, 0.717) is 12.7 Å². The smallest absolute Gasteiger partial charge is 0.104 e. The third kappa shape index (κ3) is 6.66. The van der Waals surface area contributed by atoms with Crippen molar-refractivity contribution < 1.29 is 14.6 Å². The van der Waals surface area contributed by atoms with Gasteiger partial charge in [-0.15, -0.1) is 6.58 Å². The van der Waals surface area contributed by atoms with Gasteiger partial charge in [-0.2, -0.15) is 0 Å². The van der Waals surface area contributed by atoms with Crippen molar-refractivity contribution in [1.82, 2.24) is 0 Å². The van der Waals surface area contributed by atoms with Gasteiger partial charge in [-0.3, -0.25) is 0 Å². The highest BCUT2D eigenvalue weighted by molar-refractivity contribution is 4.75. The van der Waals surface area contributed by atoms with E-state index in [0.717, 1.165) is 45.3 Å². The molecule has 3 nitrogen and oxygen atoms in total. The van der Waals surface area contributed by atoms with Crippen LogP contribution in [0.4, 0.5) is 0 Å². The zero-order valence-corrected chi connectivity index (χ0v) is 9.36. The Labute approximate surface area is 92.1 Å². The maximum Gasteiger partial charge on any atom is 0.104 e. The van der Waals surface area contributed by atoms with Crippen LogP contribution in [0.5, 0.6) is 0 Å². The zero-order chi connectivity index (χ0) is 10.9. The largest absolute Gasteiger partial charge is 0.396 e. The van der Waals surface area contributed by atoms with Gasteiger partial charge in [0.25, 0.3) is 0 Å². The SMILES string of the molecule is C=CCC(CCCCCO)OCC1CO1. The second-order valence-electron chi connectivity index (χ2n) is 4.01. The predicted octanol–water partition coefficient (Wildman–Crippen LogP) is 1.90. The number of hydrogen-bond donors (Lipinski definition) is 1. The summed E-state index contributed by atoms with van der Waals surface area (Å²) in [4.78, 5) is 0. The lowest BCUT2D eigenvalue weighted by Crippen LogP contribution is -2.15. The van der Waals surface area contributed by atoms with Gasteiger partial charge in [-0.1, -0.05) is 18.9 Å². The molecule has 0 radical (unpaired) electrons. The Kier molecular flexibility index (Phi) is 6.64. The van der Waals surface area contributed by atoms with Crippen LogP contribution in [0.25, 0.3) is 0 Å². The van der Waals surface area contributed by atoms with E-state index in [-0.39, 0.29) is 6.10 Å². The van der Waals surface area contributed by atoms with Crippen LogP contribution in [0.15, 0.2) is 12.7 Å². The number of rotatable bonds is 10. The summed E-state index contributed by atoms with van der Waals surface area (Å²) in [5, 5.41) is 8.66. The van der Waals surface area contributed by atoms with Crippen molar-refractivity contribution in [3.63, 3.8) is 0 Å². The van der Waals surface area contributed by atoms with Crippen LogP contribution >= 0.6 is 0 Å². The minimum absolute atomic E-state index is 0.283. The van der Waals surface area contributed by atoms with Crippen molar-refractivity contribution in [2.45, 2.75) is 44.3 Å². The molecule has 1 aliphatic rings. The quantitative estimate of drug-likeness (QED) is 0.343. The summed E-state index contributed by atoms with van der Waals surface area (Å²) in [5.74, 6) is 0. The molecule has 2 atom stereocenters. The van der Waals surface area contributed by atoms with E-state index in [1.165, 1.54) is 0 Å². The van der Waals surface area contributed by atoms with Crippen LogP contribution in [0, 0.1) is 0 Å². The Morgan fingerprint density at radius 2 is 2.27 bits per heavy atom. The molecule has 0 spiro atoms. The molecule has 15 heavy (non-hydrogen) atoms. The van der Waals surface area contributed by atoms with Gasteiger partial charge in [0, 0.05) is 6.61 Å². The van der Waals surface area contributed by atoms with E-state index in [1.54, 1.807) is 0 Å². The number of epoxide rings is 1. The first-order chi connectivity index (χ1) is 7.36. The van der Waals surface area contributed by atoms with Gasteiger partial charge in [0.1, 0.15) is 6.10 Å². The number of aliphatic hydroxyl groups is 1. The van der Waals surface area contributed by atoms with E-state index < -0.39 is 0 Å². The van der Waals surface area contributed by atoms with Crippen molar-refractivity contribution in [1.29, 1.82) is 0 Å². The summed E-state index contributed by atoms with van der Waals surface area (Å²) in [6.45, 7) is 5.60. The van der Waals surface area contributed by atoms with Crippen molar-refractivity contribution in [3.05, 3.63) is 12.7 Å². The van der Waals surface area contributed by atoms with E-state index in [1.807, 2.05) is 6.08 Å². The van der Waals surface area contributed by atoms with Crippen LogP contribution in [-0.2, 0) is 9.47 Å². The fourth-order valence-corrected chi connectivity index (χ4v) is 1.52. The minimum Gasteiger partial charge on any atom is -0.396 e. The molecule has 0 saturated carbocycles. The third-order valence-corrected chi connectivity index (χ3v) is 2.53. The lowest BCUT2D eigenvalue weighted by molar-refractivity contribution is 0.0375. The Balaban J connectivity index is 2.02. The summed E-state index contributed by atoms with van der Waals surface area (Å²) in [6.07, 6.45) is 7.58. The van der Waals surface area contributed by atoms with Gasteiger partial charge in [-0.25, -0.2) is 0 Å². The normalized spacial score (nSPS) is 21.3. The Morgan fingerprint density at radius 1 is 1.47 bits per heavy atom. The van der Waals surface area contributed by atoms with E-state index >= 15 is 0 Å². The predicted molar refractivity (Wildman–Crippen MR) is 59.8 cm³/mol. The number of ether oxygens (including phenoxy) is 2. The van der Waals surface area contributed by atoms with Crippen molar-refractivity contribution >= 4 is 0 Å². The highest BCUT2D eigenvalue weighted by Gasteiger charge is 2.23. The molecular weight excluding hydrogens is 192 g/mol. The average molecular weight is 214 g/mol. The van der Waals surface area contributed by atoms with Gasteiger partial charge in [-0.05, 0) is 19.3 Å². The number of hydrogen-bond acceptors (Lipinski definition) is 3. The zero-order valence-electron chi connectivity index (χ0n) is 9.36. The molecule has 1 aliphatic heterocycles.